The quantitative estimate of drug-likeness (QED) is 0.512. The first-order chi connectivity index (χ1) is 14.8. The number of rotatable bonds is 9. The zero-order valence-corrected chi connectivity index (χ0v) is 16.6. The van der Waals surface area contributed by atoms with Gasteiger partial charge in [0.1, 0.15) is 0 Å². The predicted octanol–water partition coefficient (Wildman–Crippen LogP) is 4.13. The second-order valence-electron chi connectivity index (χ2n) is 6.44. The Morgan fingerprint density at radius 3 is 2.55 bits per heavy atom. The van der Waals surface area contributed by atoms with Gasteiger partial charge in [-0.15, -0.1) is 0 Å². The zero-order valence-electron chi connectivity index (χ0n) is 16.6. The number of nitriles is 1. The Labute approximate surface area is 178 Å². The van der Waals surface area contributed by atoms with E-state index in [4.69, 9.17) is 19.8 Å². The van der Waals surface area contributed by atoms with Gasteiger partial charge in [0.05, 0.1) is 17.7 Å². The molecular weight excluding hydrogens is 407 g/mol. The normalized spacial score (nSPS) is 12.7. The van der Waals surface area contributed by atoms with Gasteiger partial charge in [-0.25, -0.2) is 14.0 Å². The molecule has 0 unspecified atom stereocenters. The van der Waals surface area contributed by atoms with Crippen LogP contribution in [0.15, 0.2) is 54.6 Å². The van der Waals surface area contributed by atoms with Gasteiger partial charge in [0.15, 0.2) is 17.7 Å². The minimum absolute atomic E-state index is 0.249. The fraction of sp³-hybridized carbons (Fsp3) is 0.227. The molecule has 2 aromatic rings. The monoisotopic (exact) mass is 428 g/mol. The zero-order chi connectivity index (χ0) is 22.8. The summed E-state index contributed by atoms with van der Waals surface area (Å²) in [6, 6.07) is 11.6. The number of allylic oxidation sites excluding steroid dienone is 1. The summed E-state index contributed by atoms with van der Waals surface area (Å²) in [5, 5.41) is 29.5. The third kappa shape index (κ3) is 7.13. The topological polar surface area (TPSA) is 129 Å². The third-order valence-electron chi connectivity index (χ3n) is 4.31. The lowest BCUT2D eigenvalue weighted by Crippen LogP contribution is -2.28. The molecule has 0 spiro atoms. The summed E-state index contributed by atoms with van der Waals surface area (Å²) in [4.78, 5) is 23.1. The molecule has 0 aliphatic rings. The van der Waals surface area contributed by atoms with E-state index in [0.717, 1.165) is 18.2 Å². The number of ether oxygens (including phenoxy) is 2. The lowest BCUT2D eigenvalue weighted by molar-refractivity contribution is -0.131. The Morgan fingerprint density at radius 1 is 1.26 bits per heavy atom. The Bertz CT molecular complexity index is 984. The fourth-order valence-electron chi connectivity index (χ4n) is 2.79. The molecule has 0 bridgehead atoms. The largest absolute Gasteiger partial charge is 0.505 e. The Morgan fingerprint density at radius 2 is 1.97 bits per heavy atom. The van der Waals surface area contributed by atoms with Gasteiger partial charge in [-0.3, -0.25) is 5.32 Å². The number of aromatic hydroxyl groups is 1. The molecule has 2 rings (SSSR count). The van der Waals surface area contributed by atoms with E-state index in [-0.39, 0.29) is 12.0 Å². The molecule has 0 saturated heterocycles. The number of nitrogens with zero attached hydrogens (tertiary/aromatic N) is 1. The number of amides is 1. The standard InChI is InChI=1S/C22H21FN2O6/c1-30-19(4-2-3-5-20(27)28)21(15-8-11-18(26)17(23)12-15)31-22(29)25-16-9-6-14(13-24)7-10-16/h3,5-12,19,21,26H,2,4H2,1H3,(H,25,29)(H,27,28)/b5-3+/t19-,21-/m1/s1. The highest BCUT2D eigenvalue weighted by molar-refractivity contribution is 5.84. The van der Waals surface area contributed by atoms with Crippen LogP contribution in [-0.2, 0) is 14.3 Å². The summed E-state index contributed by atoms with van der Waals surface area (Å²) in [6.45, 7) is 0. The molecule has 8 nitrogen and oxygen atoms in total. The average molecular weight is 428 g/mol. The van der Waals surface area contributed by atoms with Gasteiger partial charge in [0.2, 0.25) is 0 Å². The van der Waals surface area contributed by atoms with Crippen LogP contribution in [0.5, 0.6) is 5.75 Å². The number of hydrogen-bond acceptors (Lipinski definition) is 6. The van der Waals surface area contributed by atoms with E-state index in [1.807, 2.05) is 6.07 Å². The number of phenols is 1. The number of benzene rings is 2. The molecule has 31 heavy (non-hydrogen) atoms. The van der Waals surface area contributed by atoms with Crippen molar-refractivity contribution in [2.45, 2.75) is 25.0 Å². The van der Waals surface area contributed by atoms with Crippen LogP contribution in [0.2, 0.25) is 0 Å². The molecule has 9 heteroatoms. The van der Waals surface area contributed by atoms with Crippen molar-refractivity contribution in [3.8, 4) is 11.8 Å². The smallest absolute Gasteiger partial charge is 0.412 e. The van der Waals surface area contributed by atoms with E-state index in [1.54, 1.807) is 0 Å². The van der Waals surface area contributed by atoms with Crippen molar-refractivity contribution in [1.82, 2.24) is 0 Å². The molecule has 0 aromatic heterocycles. The highest BCUT2D eigenvalue weighted by atomic mass is 19.1. The average Bonchev–Trinajstić information content (AvgIpc) is 2.75. The van der Waals surface area contributed by atoms with E-state index >= 15 is 0 Å². The van der Waals surface area contributed by atoms with Gasteiger partial charge in [0, 0.05) is 18.9 Å². The molecule has 0 aliphatic heterocycles. The van der Waals surface area contributed by atoms with Crippen molar-refractivity contribution < 1.29 is 33.7 Å². The van der Waals surface area contributed by atoms with Crippen molar-refractivity contribution in [3.63, 3.8) is 0 Å². The Balaban J connectivity index is 2.20. The van der Waals surface area contributed by atoms with Crippen LogP contribution in [0.4, 0.5) is 14.9 Å². The summed E-state index contributed by atoms with van der Waals surface area (Å²) in [5.74, 6) is -2.54. The number of hydrogen-bond donors (Lipinski definition) is 3. The van der Waals surface area contributed by atoms with Gasteiger partial charge in [0.25, 0.3) is 0 Å². The summed E-state index contributed by atoms with van der Waals surface area (Å²) in [6.07, 6.45) is 0.386. The molecule has 1 amide bonds. The van der Waals surface area contributed by atoms with Gasteiger partial charge in [-0.05, 0) is 54.8 Å². The lowest BCUT2D eigenvalue weighted by Gasteiger charge is -2.26. The van der Waals surface area contributed by atoms with Crippen LogP contribution in [0.1, 0.15) is 30.1 Å². The van der Waals surface area contributed by atoms with Gasteiger partial charge in [-0.1, -0.05) is 12.1 Å². The van der Waals surface area contributed by atoms with Crippen molar-refractivity contribution in [3.05, 3.63) is 71.6 Å². The third-order valence-corrected chi connectivity index (χ3v) is 4.31. The van der Waals surface area contributed by atoms with E-state index in [9.17, 15) is 19.1 Å². The van der Waals surface area contributed by atoms with Gasteiger partial charge >= 0.3 is 12.1 Å². The number of phenolic OH excluding ortho intramolecular Hbond substituents is 1. The van der Waals surface area contributed by atoms with Crippen LogP contribution in [0.25, 0.3) is 0 Å². The second-order valence-corrected chi connectivity index (χ2v) is 6.44. The van der Waals surface area contributed by atoms with Crippen LogP contribution in [0, 0.1) is 17.1 Å². The van der Waals surface area contributed by atoms with Crippen molar-refractivity contribution in [1.29, 1.82) is 5.26 Å². The van der Waals surface area contributed by atoms with Crippen LogP contribution in [-0.4, -0.2) is 35.5 Å². The molecule has 0 saturated carbocycles. The van der Waals surface area contributed by atoms with E-state index in [2.05, 4.69) is 5.32 Å². The first-order valence-electron chi connectivity index (χ1n) is 9.22. The molecule has 3 N–H and O–H groups in total. The summed E-state index contributed by atoms with van der Waals surface area (Å²) < 4.78 is 24.8. The van der Waals surface area contributed by atoms with Crippen molar-refractivity contribution in [2.24, 2.45) is 0 Å². The minimum atomic E-state index is -1.09. The van der Waals surface area contributed by atoms with Crippen molar-refractivity contribution in [2.75, 3.05) is 12.4 Å². The van der Waals surface area contributed by atoms with E-state index in [0.29, 0.717) is 17.7 Å². The minimum Gasteiger partial charge on any atom is -0.505 e. The maximum absolute atomic E-state index is 13.9. The number of anilines is 1. The second kappa shape index (κ2) is 11.3. The lowest BCUT2D eigenvalue weighted by atomic mass is 10.00. The number of carboxylic acids is 1. The number of carboxylic acid groups (broad SMARTS) is 1. The maximum atomic E-state index is 13.9. The number of carbonyl (C=O) groups is 2. The van der Waals surface area contributed by atoms with Crippen LogP contribution >= 0.6 is 0 Å². The van der Waals surface area contributed by atoms with Crippen molar-refractivity contribution >= 4 is 17.7 Å². The Kier molecular flexibility index (Phi) is 8.54. The maximum Gasteiger partial charge on any atom is 0.412 e. The molecule has 0 radical (unpaired) electrons. The van der Waals surface area contributed by atoms with Crippen LogP contribution < -0.4 is 5.32 Å². The Hall–Kier alpha value is -3.90. The molecule has 2 atom stereocenters. The predicted molar refractivity (Wildman–Crippen MR) is 109 cm³/mol. The number of methoxy groups -OCH3 is 1. The fourth-order valence-corrected chi connectivity index (χ4v) is 2.79. The summed E-state index contributed by atoms with van der Waals surface area (Å²) >= 11 is 0. The highest BCUT2D eigenvalue weighted by Crippen LogP contribution is 2.30. The summed E-state index contributed by atoms with van der Waals surface area (Å²) in [5.41, 5.74) is 1.06. The number of halogens is 1. The number of nitrogens with one attached hydrogen (secondary N) is 1. The first-order valence-corrected chi connectivity index (χ1v) is 9.22. The van der Waals surface area contributed by atoms with E-state index in [1.165, 1.54) is 43.5 Å². The number of carbonyl (C=O) groups excluding carboxylic acids is 1. The molecule has 162 valence electrons. The molecule has 0 fully saturated rings. The molecule has 2 aromatic carbocycles. The first kappa shape index (κ1) is 23.4. The molecule has 0 aliphatic carbocycles. The molecular formula is C22H21FN2O6. The van der Waals surface area contributed by atoms with Crippen LogP contribution in [0.3, 0.4) is 0 Å². The highest BCUT2D eigenvalue weighted by Gasteiger charge is 2.28. The van der Waals surface area contributed by atoms with Gasteiger partial charge in [-0.2, -0.15) is 5.26 Å². The SMILES string of the molecule is CO[C@H](CC/C=C/C(=O)O)[C@H](OC(=O)Nc1ccc(C#N)cc1)c1ccc(O)c(F)c1. The summed E-state index contributed by atoms with van der Waals surface area (Å²) in [7, 11) is 1.39. The van der Waals surface area contributed by atoms with E-state index < -0.39 is 35.8 Å². The molecule has 0 heterocycles. The van der Waals surface area contributed by atoms with Gasteiger partial charge < -0.3 is 19.7 Å². The number of aliphatic carboxylic acids is 1.